The second-order valence-corrected chi connectivity index (χ2v) is 7.58. The monoisotopic (exact) mass is 526 g/mol. The lowest BCUT2D eigenvalue weighted by molar-refractivity contribution is 0.177. The van der Waals surface area contributed by atoms with Crippen molar-refractivity contribution in [1.82, 2.24) is 30.4 Å². The van der Waals surface area contributed by atoms with Crippen LogP contribution in [-0.4, -0.2) is 59.0 Å². The summed E-state index contributed by atoms with van der Waals surface area (Å²) in [4.78, 5) is 15.9. The molecule has 9 nitrogen and oxygen atoms in total. The molecule has 0 spiro atoms. The average molecular weight is 526 g/mol. The predicted octanol–water partition coefficient (Wildman–Crippen LogP) is 1.72. The van der Waals surface area contributed by atoms with Crippen LogP contribution in [0.1, 0.15) is 36.5 Å². The minimum atomic E-state index is 0. The van der Waals surface area contributed by atoms with Crippen LogP contribution in [0.15, 0.2) is 23.3 Å². The maximum absolute atomic E-state index is 5.13. The third-order valence-electron chi connectivity index (χ3n) is 5.44. The van der Waals surface area contributed by atoms with Crippen molar-refractivity contribution in [3.8, 4) is 0 Å². The zero-order chi connectivity index (χ0) is 20.1. The van der Waals surface area contributed by atoms with Crippen LogP contribution in [0.3, 0.4) is 0 Å². The van der Waals surface area contributed by atoms with Crippen molar-refractivity contribution < 1.29 is 4.74 Å². The van der Waals surface area contributed by atoms with E-state index >= 15 is 0 Å². The molecule has 2 aliphatic heterocycles. The van der Waals surface area contributed by atoms with Crippen LogP contribution in [0.5, 0.6) is 0 Å². The highest BCUT2D eigenvalue weighted by molar-refractivity contribution is 14.0. The van der Waals surface area contributed by atoms with Crippen molar-refractivity contribution in [3.63, 3.8) is 0 Å². The van der Waals surface area contributed by atoms with Gasteiger partial charge >= 0.3 is 0 Å². The van der Waals surface area contributed by atoms with Gasteiger partial charge in [0.2, 0.25) is 0 Å². The summed E-state index contributed by atoms with van der Waals surface area (Å²) < 4.78 is 7.11. The predicted molar refractivity (Wildman–Crippen MR) is 127 cm³/mol. The molecule has 30 heavy (non-hydrogen) atoms. The normalized spacial score (nSPS) is 18.7. The summed E-state index contributed by atoms with van der Waals surface area (Å²) in [6.45, 7) is 4.14. The summed E-state index contributed by atoms with van der Waals surface area (Å²) in [5, 5.41) is 11.4. The number of pyridine rings is 1. The molecule has 1 atom stereocenters. The Morgan fingerprint density at radius 1 is 1.30 bits per heavy atom. The van der Waals surface area contributed by atoms with Crippen LogP contribution in [0, 0.1) is 0 Å². The fourth-order valence-corrected chi connectivity index (χ4v) is 3.90. The smallest absolute Gasteiger partial charge is 0.191 e. The summed E-state index contributed by atoms with van der Waals surface area (Å²) in [6.07, 6.45) is 6.37. The Kier molecular flexibility index (Phi) is 8.25. The fourth-order valence-electron chi connectivity index (χ4n) is 3.90. The number of nitrogens with zero attached hydrogens (tertiary/aromatic N) is 6. The van der Waals surface area contributed by atoms with E-state index in [-0.39, 0.29) is 30.0 Å². The van der Waals surface area contributed by atoms with Gasteiger partial charge in [0, 0.05) is 52.5 Å². The van der Waals surface area contributed by atoms with Gasteiger partial charge in [-0.25, -0.2) is 14.6 Å². The third kappa shape index (κ3) is 5.60. The maximum Gasteiger partial charge on any atom is 0.191 e. The first-order valence-corrected chi connectivity index (χ1v) is 10.3. The summed E-state index contributed by atoms with van der Waals surface area (Å²) >= 11 is 0. The van der Waals surface area contributed by atoms with E-state index in [4.69, 9.17) is 4.74 Å². The second-order valence-electron chi connectivity index (χ2n) is 7.58. The van der Waals surface area contributed by atoms with Crippen LogP contribution in [-0.2, 0) is 30.9 Å². The van der Waals surface area contributed by atoms with E-state index in [1.165, 1.54) is 12.8 Å². The molecule has 4 heterocycles. The van der Waals surface area contributed by atoms with E-state index in [1.54, 1.807) is 14.2 Å². The number of aromatic nitrogens is 4. The Bertz CT molecular complexity index is 832. The summed E-state index contributed by atoms with van der Waals surface area (Å²) in [7, 11) is 3.46. The number of nitrogens with one attached hydrogen (secondary N) is 2. The molecule has 2 aromatic rings. The summed E-state index contributed by atoms with van der Waals surface area (Å²) in [5.74, 6) is 3.64. The van der Waals surface area contributed by atoms with Gasteiger partial charge in [-0.15, -0.1) is 24.0 Å². The number of halogens is 1. The number of aliphatic imine (C=N–C) groups is 1. The molecule has 0 bridgehead atoms. The molecule has 0 amide bonds. The van der Waals surface area contributed by atoms with E-state index < -0.39 is 0 Å². The van der Waals surface area contributed by atoms with Gasteiger partial charge in [-0.05, 0) is 30.9 Å². The van der Waals surface area contributed by atoms with E-state index in [0.29, 0.717) is 13.2 Å². The molecule has 164 valence electrons. The molecule has 1 unspecified atom stereocenters. The first-order chi connectivity index (χ1) is 14.2. The van der Waals surface area contributed by atoms with Crippen molar-refractivity contribution >= 4 is 35.8 Å². The first kappa shape index (κ1) is 22.7. The number of guanidine groups is 1. The Hall–Kier alpha value is -1.95. The highest BCUT2D eigenvalue weighted by atomic mass is 127. The lowest BCUT2D eigenvalue weighted by Crippen LogP contribution is -2.46. The maximum atomic E-state index is 5.13. The Labute approximate surface area is 194 Å². The van der Waals surface area contributed by atoms with Crippen molar-refractivity contribution in [2.45, 2.75) is 51.4 Å². The van der Waals surface area contributed by atoms with Gasteiger partial charge in [-0.3, -0.25) is 4.99 Å². The van der Waals surface area contributed by atoms with E-state index in [9.17, 15) is 0 Å². The molecular formula is C20H31IN8O. The van der Waals surface area contributed by atoms with E-state index in [0.717, 1.165) is 61.5 Å². The lowest BCUT2D eigenvalue weighted by Gasteiger charge is -2.25. The number of hydrogen-bond acceptors (Lipinski definition) is 6. The molecule has 0 aliphatic carbocycles. The van der Waals surface area contributed by atoms with E-state index in [1.807, 2.05) is 10.9 Å². The van der Waals surface area contributed by atoms with Crippen molar-refractivity contribution in [3.05, 3.63) is 35.5 Å². The quantitative estimate of drug-likeness (QED) is 0.337. The average Bonchev–Trinajstić information content (AvgIpc) is 3.41. The molecule has 0 saturated carbocycles. The molecular weight excluding hydrogens is 495 g/mol. The zero-order valence-electron chi connectivity index (χ0n) is 17.7. The molecule has 2 aromatic heterocycles. The Balaban J connectivity index is 0.00000256. The molecule has 2 aliphatic rings. The van der Waals surface area contributed by atoms with Crippen LogP contribution >= 0.6 is 24.0 Å². The highest BCUT2D eigenvalue weighted by Gasteiger charge is 2.22. The van der Waals surface area contributed by atoms with Gasteiger partial charge in [-0.1, -0.05) is 6.07 Å². The number of aryl methyl sites for hydroxylation is 1. The standard InChI is InChI=1S/C20H30N8O.HI/c1-21-20(23-12-15-5-7-18(22-11-15)27-9-3-4-10-27)24-16-6-8-19-25-17(14-29-2)26-28(19)13-16;/h5,7,11,16H,3-4,6,8-10,12-14H2,1-2H3,(H2,21,23,24);1H. The van der Waals surface area contributed by atoms with Crippen molar-refractivity contribution in [2.75, 3.05) is 32.1 Å². The van der Waals surface area contributed by atoms with Gasteiger partial charge in [0.25, 0.3) is 0 Å². The van der Waals surface area contributed by atoms with Crippen LogP contribution in [0.2, 0.25) is 0 Å². The first-order valence-electron chi connectivity index (χ1n) is 10.3. The number of hydrogen-bond donors (Lipinski definition) is 2. The Morgan fingerprint density at radius 2 is 2.13 bits per heavy atom. The fraction of sp³-hybridized carbons (Fsp3) is 0.600. The van der Waals surface area contributed by atoms with Crippen LogP contribution in [0.25, 0.3) is 0 Å². The summed E-state index contributed by atoms with van der Waals surface area (Å²) in [5.41, 5.74) is 1.14. The highest BCUT2D eigenvalue weighted by Crippen LogP contribution is 2.17. The van der Waals surface area contributed by atoms with E-state index in [2.05, 4.69) is 47.7 Å². The number of methoxy groups -OCH3 is 1. The van der Waals surface area contributed by atoms with Crippen LogP contribution in [0.4, 0.5) is 5.82 Å². The third-order valence-corrected chi connectivity index (χ3v) is 5.44. The van der Waals surface area contributed by atoms with Gasteiger partial charge in [0.15, 0.2) is 11.8 Å². The van der Waals surface area contributed by atoms with Crippen molar-refractivity contribution in [2.24, 2.45) is 4.99 Å². The Morgan fingerprint density at radius 3 is 2.83 bits per heavy atom. The zero-order valence-corrected chi connectivity index (χ0v) is 20.0. The molecule has 10 heteroatoms. The van der Waals surface area contributed by atoms with Crippen molar-refractivity contribution in [1.29, 1.82) is 0 Å². The van der Waals surface area contributed by atoms with Gasteiger partial charge < -0.3 is 20.3 Å². The minimum Gasteiger partial charge on any atom is -0.377 e. The van der Waals surface area contributed by atoms with Gasteiger partial charge in [0.1, 0.15) is 18.2 Å². The van der Waals surface area contributed by atoms with Gasteiger partial charge in [-0.2, -0.15) is 5.10 Å². The number of ether oxygens (including phenoxy) is 1. The molecule has 0 radical (unpaired) electrons. The minimum absolute atomic E-state index is 0. The SMILES string of the molecule is CN=C(NCc1ccc(N2CCCC2)nc1)NC1CCc2nc(COC)nn2C1.I. The lowest BCUT2D eigenvalue weighted by atomic mass is 10.1. The number of anilines is 1. The number of fused-ring (bicyclic) bond motifs is 1. The molecule has 1 saturated heterocycles. The number of rotatable bonds is 6. The van der Waals surface area contributed by atoms with Gasteiger partial charge in [0.05, 0.1) is 6.54 Å². The molecule has 1 fully saturated rings. The molecule has 2 N–H and O–H groups in total. The summed E-state index contributed by atoms with van der Waals surface area (Å²) in [6, 6.07) is 4.52. The molecule has 0 aromatic carbocycles. The topological polar surface area (TPSA) is 92.5 Å². The largest absolute Gasteiger partial charge is 0.377 e. The molecule has 4 rings (SSSR count). The van der Waals surface area contributed by atoms with Crippen LogP contribution < -0.4 is 15.5 Å². The second kappa shape index (κ2) is 10.9.